The molecule has 108 valence electrons. The minimum atomic E-state index is -1.50. The Kier molecular flexibility index (Phi) is 4.18. The number of carbonyl (C=O) groups excluding carboxylic acids is 1. The SMILES string of the molecule is CC(Oc1ccccc1)(C(=O)N[N+](=O)[O-])c1ccccc1. The van der Waals surface area contributed by atoms with Crippen LogP contribution in [0.4, 0.5) is 0 Å². The number of nitrogens with zero attached hydrogens (tertiary/aromatic N) is 1. The number of hydrazine groups is 1. The lowest BCUT2D eigenvalue weighted by Crippen LogP contribution is -2.48. The van der Waals surface area contributed by atoms with Gasteiger partial charge >= 0.3 is 5.91 Å². The molecule has 0 aromatic heterocycles. The van der Waals surface area contributed by atoms with Crippen molar-refractivity contribution in [2.24, 2.45) is 0 Å². The summed E-state index contributed by atoms with van der Waals surface area (Å²) in [4.78, 5) is 22.8. The van der Waals surface area contributed by atoms with Crippen LogP contribution in [0.1, 0.15) is 12.5 Å². The van der Waals surface area contributed by atoms with Crippen LogP contribution in [-0.4, -0.2) is 10.9 Å². The molecule has 0 aliphatic carbocycles. The highest BCUT2D eigenvalue weighted by atomic mass is 16.7. The van der Waals surface area contributed by atoms with E-state index in [4.69, 9.17) is 4.74 Å². The molecule has 1 unspecified atom stereocenters. The zero-order valence-corrected chi connectivity index (χ0v) is 11.4. The molecule has 0 aliphatic heterocycles. The van der Waals surface area contributed by atoms with Crippen molar-refractivity contribution in [1.29, 1.82) is 0 Å². The van der Waals surface area contributed by atoms with Gasteiger partial charge < -0.3 is 4.74 Å². The second-order valence-electron chi connectivity index (χ2n) is 4.51. The predicted octanol–water partition coefficient (Wildman–Crippen LogP) is 2.29. The number of benzene rings is 2. The van der Waals surface area contributed by atoms with Crippen molar-refractivity contribution < 1.29 is 14.6 Å². The lowest BCUT2D eigenvalue weighted by atomic mass is 9.95. The molecule has 6 nitrogen and oxygen atoms in total. The molecule has 21 heavy (non-hydrogen) atoms. The molecule has 1 amide bonds. The number of nitro groups is 1. The number of rotatable bonds is 5. The van der Waals surface area contributed by atoms with Crippen LogP contribution in [0.5, 0.6) is 5.75 Å². The van der Waals surface area contributed by atoms with Crippen molar-refractivity contribution in [2.75, 3.05) is 0 Å². The van der Waals surface area contributed by atoms with Crippen molar-refractivity contribution in [3.8, 4) is 5.75 Å². The van der Waals surface area contributed by atoms with Crippen LogP contribution in [0, 0.1) is 10.1 Å². The van der Waals surface area contributed by atoms with Gasteiger partial charge in [0.1, 0.15) is 5.75 Å². The monoisotopic (exact) mass is 286 g/mol. The standard InChI is InChI=1S/C15H14N2O4/c1-15(14(18)16-17(19)20,12-8-4-2-5-9-12)21-13-10-6-3-7-11-13/h2-11H,1H3,(H,16,18). The van der Waals surface area contributed by atoms with Gasteiger partial charge in [-0.1, -0.05) is 54.0 Å². The maximum absolute atomic E-state index is 12.2. The second-order valence-corrected chi connectivity index (χ2v) is 4.51. The summed E-state index contributed by atoms with van der Waals surface area (Å²) in [6, 6.07) is 17.3. The first-order valence-corrected chi connectivity index (χ1v) is 6.27. The van der Waals surface area contributed by atoms with Gasteiger partial charge in [0.15, 0.2) is 5.03 Å². The number of hydrogen-bond donors (Lipinski definition) is 1. The van der Waals surface area contributed by atoms with E-state index in [0.717, 1.165) is 0 Å². The van der Waals surface area contributed by atoms with E-state index in [1.54, 1.807) is 60.0 Å². The molecule has 0 bridgehead atoms. The van der Waals surface area contributed by atoms with Crippen LogP contribution < -0.4 is 10.2 Å². The highest BCUT2D eigenvalue weighted by Crippen LogP contribution is 2.28. The molecular weight excluding hydrogens is 272 g/mol. The Hall–Kier alpha value is -2.89. The first-order chi connectivity index (χ1) is 10.0. The summed E-state index contributed by atoms with van der Waals surface area (Å²) in [5.41, 5.74) is 0.678. The van der Waals surface area contributed by atoms with Gasteiger partial charge in [0.25, 0.3) is 0 Å². The molecule has 0 saturated carbocycles. The molecule has 0 heterocycles. The van der Waals surface area contributed by atoms with Crippen LogP contribution in [0.25, 0.3) is 0 Å². The quantitative estimate of drug-likeness (QED) is 0.675. The van der Waals surface area contributed by atoms with Gasteiger partial charge in [-0.2, -0.15) is 0 Å². The molecule has 2 rings (SSSR count). The van der Waals surface area contributed by atoms with E-state index in [1.807, 2.05) is 6.07 Å². The van der Waals surface area contributed by atoms with E-state index in [-0.39, 0.29) is 0 Å². The average molecular weight is 286 g/mol. The van der Waals surface area contributed by atoms with Gasteiger partial charge in [-0.25, -0.2) is 10.1 Å². The van der Waals surface area contributed by atoms with Gasteiger partial charge in [-0.15, -0.1) is 0 Å². The van der Waals surface area contributed by atoms with Crippen LogP contribution in [0.2, 0.25) is 0 Å². The van der Waals surface area contributed by atoms with E-state index in [2.05, 4.69) is 0 Å². The summed E-state index contributed by atoms with van der Waals surface area (Å²) in [7, 11) is 0. The summed E-state index contributed by atoms with van der Waals surface area (Å²) < 4.78 is 5.73. The van der Waals surface area contributed by atoms with E-state index < -0.39 is 16.5 Å². The zero-order valence-electron chi connectivity index (χ0n) is 11.4. The fourth-order valence-corrected chi connectivity index (χ4v) is 1.91. The maximum Gasteiger partial charge on any atom is 0.327 e. The van der Waals surface area contributed by atoms with Crippen LogP contribution in [0.3, 0.4) is 0 Å². The van der Waals surface area contributed by atoms with Gasteiger partial charge in [0.2, 0.25) is 5.60 Å². The van der Waals surface area contributed by atoms with Crippen molar-refractivity contribution in [1.82, 2.24) is 5.43 Å². The Labute approximate surface area is 121 Å². The molecule has 0 spiro atoms. The largest absolute Gasteiger partial charge is 0.473 e. The number of nitrogens with one attached hydrogen (secondary N) is 1. The maximum atomic E-state index is 12.2. The van der Waals surface area contributed by atoms with E-state index in [9.17, 15) is 14.9 Å². The van der Waals surface area contributed by atoms with Gasteiger partial charge in [0, 0.05) is 5.56 Å². The third-order valence-electron chi connectivity index (χ3n) is 3.02. The van der Waals surface area contributed by atoms with Crippen molar-refractivity contribution >= 4 is 5.91 Å². The first kappa shape index (κ1) is 14.5. The zero-order chi connectivity index (χ0) is 15.3. The second kappa shape index (κ2) is 6.04. The molecule has 2 aromatic carbocycles. The normalized spacial score (nSPS) is 13.0. The van der Waals surface area contributed by atoms with Crippen LogP contribution >= 0.6 is 0 Å². The Morgan fingerprint density at radius 1 is 1.10 bits per heavy atom. The molecule has 2 aromatic rings. The molecule has 0 aliphatic rings. The fourth-order valence-electron chi connectivity index (χ4n) is 1.91. The topological polar surface area (TPSA) is 81.5 Å². The third-order valence-corrected chi connectivity index (χ3v) is 3.02. The summed E-state index contributed by atoms with van der Waals surface area (Å²) in [6.45, 7) is 1.49. The summed E-state index contributed by atoms with van der Waals surface area (Å²) >= 11 is 0. The van der Waals surface area contributed by atoms with Crippen molar-refractivity contribution in [3.05, 3.63) is 76.3 Å². The summed E-state index contributed by atoms with van der Waals surface area (Å²) in [5, 5.41) is 9.67. The van der Waals surface area contributed by atoms with Gasteiger partial charge in [-0.3, -0.25) is 4.79 Å². The lowest BCUT2D eigenvalue weighted by molar-refractivity contribution is -0.531. The first-order valence-electron chi connectivity index (χ1n) is 6.27. The predicted molar refractivity (Wildman–Crippen MR) is 76.0 cm³/mol. The number of para-hydroxylation sites is 1. The Morgan fingerprint density at radius 2 is 1.62 bits per heavy atom. The Morgan fingerprint density at radius 3 is 2.14 bits per heavy atom. The smallest absolute Gasteiger partial charge is 0.327 e. The molecule has 0 saturated heterocycles. The highest BCUT2D eigenvalue weighted by Gasteiger charge is 2.40. The van der Waals surface area contributed by atoms with Gasteiger partial charge in [0.05, 0.1) is 0 Å². The minimum Gasteiger partial charge on any atom is -0.473 e. The number of carbonyl (C=O) groups is 1. The highest BCUT2D eigenvalue weighted by molar-refractivity contribution is 5.85. The summed E-state index contributed by atoms with van der Waals surface area (Å²) in [6.07, 6.45) is 0. The van der Waals surface area contributed by atoms with E-state index in [1.165, 1.54) is 6.92 Å². The fraction of sp³-hybridized carbons (Fsp3) is 0.133. The van der Waals surface area contributed by atoms with E-state index in [0.29, 0.717) is 11.3 Å². The molecule has 1 N–H and O–H groups in total. The van der Waals surface area contributed by atoms with Crippen molar-refractivity contribution in [3.63, 3.8) is 0 Å². The molecule has 0 radical (unpaired) electrons. The molecule has 0 fully saturated rings. The van der Waals surface area contributed by atoms with Crippen LogP contribution in [-0.2, 0) is 10.4 Å². The average Bonchev–Trinajstić information content (AvgIpc) is 2.48. The number of ether oxygens (including phenoxy) is 1. The number of amides is 1. The van der Waals surface area contributed by atoms with Gasteiger partial charge in [-0.05, 0) is 19.1 Å². The summed E-state index contributed by atoms with van der Waals surface area (Å²) in [5.74, 6) is -0.398. The number of hydrogen-bond acceptors (Lipinski definition) is 4. The molecular formula is C15H14N2O4. The Balaban J connectivity index is 2.39. The third kappa shape index (κ3) is 3.36. The lowest BCUT2D eigenvalue weighted by Gasteiger charge is -2.28. The Bertz CT molecular complexity index is 631. The van der Waals surface area contributed by atoms with E-state index >= 15 is 0 Å². The van der Waals surface area contributed by atoms with Crippen molar-refractivity contribution in [2.45, 2.75) is 12.5 Å². The van der Waals surface area contributed by atoms with Crippen LogP contribution in [0.15, 0.2) is 60.7 Å². The molecule has 1 atom stereocenters. The minimum absolute atomic E-state index is 0.447. The molecule has 6 heteroatoms.